The Morgan fingerprint density at radius 3 is 2.54 bits per heavy atom. The van der Waals surface area contributed by atoms with Gasteiger partial charge in [0.1, 0.15) is 0 Å². The molecule has 0 aliphatic carbocycles. The molecule has 0 bridgehead atoms. The van der Waals surface area contributed by atoms with Gasteiger partial charge >= 0.3 is 0 Å². The number of benzene rings is 1. The van der Waals surface area contributed by atoms with Crippen molar-refractivity contribution < 1.29 is 4.79 Å². The number of hydrogen-bond acceptors (Lipinski definition) is 1. The Balaban J connectivity index is 2.81. The molecule has 0 spiro atoms. The average Bonchev–Trinajstić information content (AvgIpc) is 2.08. The molecule has 13 heavy (non-hydrogen) atoms. The number of carbonyl (C=O) groups excluding carboxylic acids is 1. The highest BCUT2D eigenvalue weighted by atomic mass is 35.5. The molecule has 1 N–H and O–H groups in total. The number of carbonyl (C=O) groups is 1. The molecule has 68 valence electrons. The molecule has 0 radical (unpaired) electrons. The van der Waals surface area contributed by atoms with Gasteiger partial charge in [-0.3, -0.25) is 4.79 Å². The summed E-state index contributed by atoms with van der Waals surface area (Å²) in [5.41, 5.74) is 0.524. The third kappa shape index (κ3) is 2.76. The minimum Gasteiger partial charge on any atom is -0.320 e. The molecule has 1 rings (SSSR count). The molecule has 0 saturated heterocycles. The molecule has 0 aliphatic heterocycles. The van der Waals surface area contributed by atoms with Crippen LogP contribution in [0.4, 0.5) is 5.69 Å². The number of rotatable bonds is 2. The van der Waals surface area contributed by atoms with E-state index in [0.717, 1.165) is 0 Å². The lowest BCUT2D eigenvalue weighted by Crippen LogP contribution is -2.10. The summed E-state index contributed by atoms with van der Waals surface area (Å²) in [6.07, 6.45) is 0. The van der Waals surface area contributed by atoms with Gasteiger partial charge in [-0.2, -0.15) is 0 Å². The third-order valence-corrected chi connectivity index (χ3v) is 1.87. The van der Waals surface area contributed by atoms with Gasteiger partial charge in [-0.15, -0.1) is 0 Å². The topological polar surface area (TPSA) is 29.1 Å². The highest BCUT2D eigenvalue weighted by molar-refractivity contribution is 6.44. The summed E-state index contributed by atoms with van der Waals surface area (Å²) in [4.78, 5) is 11.1. The number of hydrogen-bond donors (Lipinski definition) is 1. The van der Waals surface area contributed by atoms with Gasteiger partial charge in [0, 0.05) is 0 Å². The molecular weight excluding hydrogens is 209 g/mol. The lowest BCUT2D eigenvalue weighted by molar-refractivity contribution is -0.112. The predicted octanol–water partition coefficient (Wildman–Crippen LogP) is 3.03. The standard InChI is InChI=1S/C9H7Cl2NO/c1-6(10)9(13)12-8-5-3-2-4-7(8)11/h2-5H,1H2,(H,12,13). The van der Waals surface area contributed by atoms with Gasteiger partial charge in [0.2, 0.25) is 0 Å². The van der Waals surface area contributed by atoms with Crippen molar-refractivity contribution in [3.05, 3.63) is 40.9 Å². The maximum atomic E-state index is 11.1. The van der Waals surface area contributed by atoms with Crippen molar-refractivity contribution in [1.29, 1.82) is 0 Å². The fourth-order valence-corrected chi connectivity index (χ4v) is 0.983. The highest BCUT2D eigenvalue weighted by Crippen LogP contribution is 2.20. The van der Waals surface area contributed by atoms with Gasteiger partial charge in [-0.05, 0) is 12.1 Å². The zero-order valence-corrected chi connectivity index (χ0v) is 8.19. The third-order valence-electron chi connectivity index (χ3n) is 1.37. The van der Waals surface area contributed by atoms with Gasteiger partial charge in [-0.1, -0.05) is 41.9 Å². The van der Waals surface area contributed by atoms with Crippen LogP contribution in [0.5, 0.6) is 0 Å². The fourth-order valence-electron chi connectivity index (χ4n) is 0.753. The predicted molar refractivity (Wildman–Crippen MR) is 55.1 cm³/mol. The van der Waals surface area contributed by atoms with Gasteiger partial charge < -0.3 is 5.32 Å². The van der Waals surface area contributed by atoms with E-state index in [2.05, 4.69) is 11.9 Å². The van der Waals surface area contributed by atoms with E-state index in [0.29, 0.717) is 10.7 Å². The highest BCUT2D eigenvalue weighted by Gasteiger charge is 2.05. The molecule has 0 atom stereocenters. The van der Waals surface area contributed by atoms with Crippen molar-refractivity contribution in [2.75, 3.05) is 5.32 Å². The molecule has 4 heteroatoms. The van der Waals surface area contributed by atoms with Crippen molar-refractivity contribution in [2.45, 2.75) is 0 Å². The summed E-state index contributed by atoms with van der Waals surface area (Å²) in [6.45, 7) is 3.29. The van der Waals surface area contributed by atoms with Crippen LogP contribution in [-0.4, -0.2) is 5.91 Å². The van der Waals surface area contributed by atoms with E-state index in [1.165, 1.54) is 0 Å². The molecule has 1 aromatic carbocycles. The molecule has 2 nitrogen and oxygen atoms in total. The van der Waals surface area contributed by atoms with Crippen LogP contribution in [0.3, 0.4) is 0 Å². The van der Waals surface area contributed by atoms with E-state index in [1.807, 2.05) is 0 Å². The van der Waals surface area contributed by atoms with Crippen molar-refractivity contribution >= 4 is 34.8 Å². The second-order valence-corrected chi connectivity index (χ2v) is 3.20. The maximum Gasteiger partial charge on any atom is 0.266 e. The van der Waals surface area contributed by atoms with Gasteiger partial charge in [0.25, 0.3) is 5.91 Å². The Morgan fingerprint density at radius 1 is 1.38 bits per heavy atom. The first kappa shape index (κ1) is 10.1. The molecule has 0 aliphatic rings. The van der Waals surface area contributed by atoms with E-state index in [4.69, 9.17) is 23.2 Å². The lowest BCUT2D eigenvalue weighted by atomic mass is 10.3. The molecule has 1 aromatic rings. The van der Waals surface area contributed by atoms with Crippen LogP contribution >= 0.6 is 23.2 Å². The Labute approximate surface area is 86.2 Å². The number of anilines is 1. The molecule has 0 unspecified atom stereocenters. The molecule has 0 saturated carbocycles. The van der Waals surface area contributed by atoms with Crippen molar-refractivity contribution in [3.63, 3.8) is 0 Å². The summed E-state index contributed by atoms with van der Waals surface area (Å²) in [7, 11) is 0. The zero-order valence-electron chi connectivity index (χ0n) is 6.68. The second kappa shape index (κ2) is 4.30. The van der Waals surface area contributed by atoms with Crippen LogP contribution < -0.4 is 5.32 Å². The number of amides is 1. The molecule has 0 fully saturated rings. The van der Waals surface area contributed by atoms with Crippen molar-refractivity contribution in [2.24, 2.45) is 0 Å². The number of nitrogens with one attached hydrogen (secondary N) is 1. The van der Waals surface area contributed by atoms with Crippen LogP contribution in [-0.2, 0) is 4.79 Å². The van der Waals surface area contributed by atoms with E-state index in [9.17, 15) is 4.79 Å². The van der Waals surface area contributed by atoms with Crippen molar-refractivity contribution in [1.82, 2.24) is 0 Å². The summed E-state index contributed by atoms with van der Waals surface area (Å²) >= 11 is 11.2. The Morgan fingerprint density at radius 2 is 2.00 bits per heavy atom. The first-order valence-corrected chi connectivity index (χ1v) is 4.27. The second-order valence-electron chi connectivity index (χ2n) is 2.34. The summed E-state index contributed by atoms with van der Waals surface area (Å²) in [6, 6.07) is 6.89. The van der Waals surface area contributed by atoms with E-state index in [-0.39, 0.29) is 5.03 Å². The molecule has 0 aromatic heterocycles. The first-order chi connectivity index (χ1) is 6.11. The SMILES string of the molecule is C=C(Cl)C(=O)Nc1ccccc1Cl. The summed E-state index contributed by atoms with van der Waals surface area (Å²) in [5, 5.41) is 2.90. The molecular formula is C9H7Cl2NO. The largest absolute Gasteiger partial charge is 0.320 e. The van der Waals surface area contributed by atoms with Crippen LogP contribution in [0, 0.1) is 0 Å². The van der Waals surface area contributed by atoms with Crippen molar-refractivity contribution in [3.8, 4) is 0 Å². The van der Waals surface area contributed by atoms with Crippen LogP contribution in [0.1, 0.15) is 0 Å². The number of para-hydroxylation sites is 1. The minimum absolute atomic E-state index is 0.0695. The van der Waals surface area contributed by atoms with Gasteiger partial charge in [0.15, 0.2) is 0 Å². The lowest BCUT2D eigenvalue weighted by Gasteiger charge is -2.04. The summed E-state index contributed by atoms with van der Waals surface area (Å²) in [5.74, 6) is -0.449. The van der Waals surface area contributed by atoms with E-state index < -0.39 is 5.91 Å². The first-order valence-electron chi connectivity index (χ1n) is 3.51. The van der Waals surface area contributed by atoms with Crippen LogP contribution in [0.25, 0.3) is 0 Å². The maximum absolute atomic E-state index is 11.1. The molecule has 0 heterocycles. The number of halogens is 2. The molecule has 1 amide bonds. The van der Waals surface area contributed by atoms with Crippen LogP contribution in [0.15, 0.2) is 35.9 Å². The Hall–Kier alpha value is -0.990. The Bertz CT molecular complexity index is 349. The quantitative estimate of drug-likeness (QED) is 0.756. The monoisotopic (exact) mass is 215 g/mol. The zero-order chi connectivity index (χ0) is 9.84. The van der Waals surface area contributed by atoms with E-state index >= 15 is 0 Å². The van der Waals surface area contributed by atoms with Gasteiger partial charge in [0.05, 0.1) is 15.7 Å². The van der Waals surface area contributed by atoms with E-state index in [1.54, 1.807) is 24.3 Å². The average molecular weight is 216 g/mol. The smallest absolute Gasteiger partial charge is 0.266 e. The normalized spacial score (nSPS) is 9.38. The Kier molecular flexibility index (Phi) is 3.34. The fraction of sp³-hybridized carbons (Fsp3) is 0. The van der Waals surface area contributed by atoms with Gasteiger partial charge in [-0.25, -0.2) is 0 Å². The van der Waals surface area contributed by atoms with Crippen LogP contribution in [0.2, 0.25) is 5.02 Å². The summed E-state index contributed by atoms with van der Waals surface area (Å²) < 4.78 is 0. The minimum atomic E-state index is -0.449.